The minimum Gasteiger partial charge on any atom is -0.348 e. The molecule has 1 aliphatic rings. The zero-order valence-electron chi connectivity index (χ0n) is 19.8. The maximum Gasteiger partial charge on any atom is 0.418 e. The molecule has 4 rings (SSSR count). The van der Waals surface area contributed by atoms with Crippen molar-refractivity contribution in [3.05, 3.63) is 89.5 Å². The van der Waals surface area contributed by atoms with Crippen molar-refractivity contribution in [1.29, 1.82) is 0 Å². The van der Waals surface area contributed by atoms with Gasteiger partial charge in [-0.3, -0.25) is 4.79 Å². The number of aromatic nitrogens is 1. The van der Waals surface area contributed by atoms with E-state index in [0.717, 1.165) is 11.8 Å². The normalized spacial score (nSPS) is 15.5. The zero-order chi connectivity index (χ0) is 26.0. The number of fused-ring (bicyclic) bond motifs is 1. The van der Waals surface area contributed by atoms with E-state index in [1.807, 2.05) is 22.9 Å². The Labute approximate surface area is 206 Å². The van der Waals surface area contributed by atoms with Gasteiger partial charge in [-0.25, -0.2) is 9.18 Å². The molecule has 0 saturated heterocycles. The van der Waals surface area contributed by atoms with E-state index in [1.54, 1.807) is 30.9 Å². The number of nitrogens with one attached hydrogen (secondary N) is 1. The van der Waals surface area contributed by atoms with Crippen LogP contribution in [0, 0.1) is 5.82 Å². The van der Waals surface area contributed by atoms with Crippen LogP contribution in [0.25, 0.3) is 0 Å². The first-order valence-electron chi connectivity index (χ1n) is 11.5. The molecule has 0 spiro atoms. The lowest BCUT2D eigenvalue weighted by Crippen LogP contribution is -2.50. The zero-order valence-corrected chi connectivity index (χ0v) is 19.8. The predicted octanol–water partition coefficient (Wildman–Crippen LogP) is 5.52. The number of halogens is 4. The molecule has 1 aromatic heterocycles. The van der Waals surface area contributed by atoms with Gasteiger partial charge in [-0.15, -0.1) is 0 Å². The van der Waals surface area contributed by atoms with Gasteiger partial charge < -0.3 is 19.7 Å². The van der Waals surface area contributed by atoms with Gasteiger partial charge in [-0.2, -0.15) is 13.2 Å². The van der Waals surface area contributed by atoms with Gasteiger partial charge in [0, 0.05) is 31.0 Å². The smallest absolute Gasteiger partial charge is 0.348 e. The highest BCUT2D eigenvalue weighted by atomic mass is 19.4. The van der Waals surface area contributed by atoms with Crippen LogP contribution >= 0.6 is 0 Å². The topological polar surface area (TPSA) is 57.6 Å². The highest BCUT2D eigenvalue weighted by Gasteiger charge is 2.36. The maximum atomic E-state index is 13.6. The summed E-state index contributed by atoms with van der Waals surface area (Å²) in [5, 5.41) is 2.32. The Kier molecular flexibility index (Phi) is 7.05. The van der Waals surface area contributed by atoms with Gasteiger partial charge in [0.1, 0.15) is 12.4 Å². The first-order chi connectivity index (χ1) is 17.1. The van der Waals surface area contributed by atoms with Gasteiger partial charge in [-0.1, -0.05) is 24.3 Å². The van der Waals surface area contributed by atoms with Crippen LogP contribution in [0.5, 0.6) is 0 Å². The van der Waals surface area contributed by atoms with E-state index in [0.29, 0.717) is 18.7 Å². The Hall–Kier alpha value is -3.82. The van der Waals surface area contributed by atoms with Crippen molar-refractivity contribution < 1.29 is 27.2 Å². The Bertz CT molecular complexity index is 1240. The number of nitrogens with zero attached hydrogens (tertiary/aromatic N) is 3. The standard InChI is InChI=1S/C26H26F4N4O2/c1-17(2)34(25(36)31-21-7-4-3-6-20(21)26(28,29)30)16-23(35)33-15-14-32-13-5-8-22(32)24(33)18-9-11-19(27)12-10-18/h3-13,17,24H,14-16H2,1-2H3,(H,31,36)/t24-/m0/s1. The third kappa shape index (κ3) is 5.22. The summed E-state index contributed by atoms with van der Waals surface area (Å²) in [5.74, 6) is -0.769. The Morgan fingerprint density at radius 3 is 2.39 bits per heavy atom. The van der Waals surface area contributed by atoms with Crippen LogP contribution in [0.15, 0.2) is 66.9 Å². The molecular weight excluding hydrogens is 476 g/mol. The van der Waals surface area contributed by atoms with Crippen molar-refractivity contribution in [2.24, 2.45) is 0 Å². The molecular formula is C26H26F4N4O2. The lowest BCUT2D eigenvalue weighted by atomic mass is 9.99. The van der Waals surface area contributed by atoms with Crippen LogP contribution in [0.1, 0.15) is 36.7 Å². The lowest BCUT2D eigenvalue weighted by molar-refractivity contribution is -0.137. The summed E-state index contributed by atoms with van der Waals surface area (Å²) < 4.78 is 55.7. The van der Waals surface area contributed by atoms with Gasteiger partial charge in [0.2, 0.25) is 5.91 Å². The number of urea groups is 1. The van der Waals surface area contributed by atoms with Crippen molar-refractivity contribution in [3.63, 3.8) is 0 Å². The fourth-order valence-corrected chi connectivity index (χ4v) is 4.40. The number of benzene rings is 2. The van der Waals surface area contributed by atoms with Crippen LogP contribution in [-0.4, -0.2) is 45.4 Å². The van der Waals surface area contributed by atoms with E-state index < -0.39 is 35.7 Å². The van der Waals surface area contributed by atoms with Crippen molar-refractivity contribution in [3.8, 4) is 0 Å². The first kappa shape index (κ1) is 25.3. The monoisotopic (exact) mass is 502 g/mol. The van der Waals surface area contributed by atoms with E-state index in [1.165, 1.54) is 35.2 Å². The summed E-state index contributed by atoms with van der Waals surface area (Å²) in [6.07, 6.45) is -2.74. The van der Waals surface area contributed by atoms with E-state index >= 15 is 0 Å². The quantitative estimate of drug-likeness (QED) is 0.467. The van der Waals surface area contributed by atoms with Gasteiger partial charge in [0.05, 0.1) is 17.3 Å². The van der Waals surface area contributed by atoms with Crippen molar-refractivity contribution >= 4 is 17.6 Å². The second kappa shape index (κ2) is 10.0. The largest absolute Gasteiger partial charge is 0.418 e. The summed E-state index contributed by atoms with van der Waals surface area (Å²) in [6, 6.07) is 12.5. The van der Waals surface area contributed by atoms with Crippen LogP contribution in [0.4, 0.5) is 28.0 Å². The summed E-state index contributed by atoms with van der Waals surface area (Å²) in [6.45, 7) is 3.92. The predicted molar refractivity (Wildman–Crippen MR) is 127 cm³/mol. The molecule has 2 aromatic carbocycles. The summed E-state index contributed by atoms with van der Waals surface area (Å²) in [4.78, 5) is 29.4. The third-order valence-electron chi connectivity index (χ3n) is 6.21. The minimum absolute atomic E-state index is 0.337. The van der Waals surface area contributed by atoms with Gasteiger partial charge in [0.15, 0.2) is 0 Å². The Balaban J connectivity index is 1.58. The van der Waals surface area contributed by atoms with Crippen LogP contribution in [-0.2, 0) is 17.5 Å². The number of amides is 3. The Morgan fingerprint density at radius 2 is 1.72 bits per heavy atom. The molecule has 0 fully saturated rings. The minimum atomic E-state index is -4.65. The molecule has 10 heteroatoms. The third-order valence-corrected chi connectivity index (χ3v) is 6.21. The molecule has 3 amide bonds. The molecule has 36 heavy (non-hydrogen) atoms. The SMILES string of the molecule is CC(C)N(CC(=O)N1CCn2cccc2[C@@H]1c1ccc(F)cc1)C(=O)Nc1ccccc1C(F)(F)F. The van der Waals surface area contributed by atoms with E-state index in [2.05, 4.69) is 5.32 Å². The number of anilines is 1. The van der Waals surface area contributed by atoms with Crippen LogP contribution < -0.4 is 5.32 Å². The number of hydrogen-bond acceptors (Lipinski definition) is 2. The van der Waals surface area contributed by atoms with E-state index in [9.17, 15) is 27.2 Å². The van der Waals surface area contributed by atoms with Crippen molar-refractivity contribution in [1.82, 2.24) is 14.4 Å². The van der Waals surface area contributed by atoms with Crippen molar-refractivity contribution in [2.45, 2.75) is 38.7 Å². The Morgan fingerprint density at radius 1 is 1.03 bits per heavy atom. The van der Waals surface area contributed by atoms with Crippen LogP contribution in [0.2, 0.25) is 0 Å². The van der Waals surface area contributed by atoms with Crippen LogP contribution in [0.3, 0.4) is 0 Å². The average molecular weight is 503 g/mol. The molecule has 190 valence electrons. The molecule has 1 atom stereocenters. The summed E-state index contributed by atoms with van der Waals surface area (Å²) >= 11 is 0. The number of carbonyl (C=O) groups is 2. The summed E-state index contributed by atoms with van der Waals surface area (Å²) in [7, 11) is 0. The molecule has 0 radical (unpaired) electrons. The molecule has 1 N–H and O–H groups in total. The number of rotatable bonds is 5. The lowest BCUT2D eigenvalue weighted by Gasteiger charge is -2.39. The van der Waals surface area contributed by atoms with Gasteiger partial charge >= 0.3 is 12.2 Å². The van der Waals surface area contributed by atoms with E-state index in [-0.39, 0.29) is 18.1 Å². The highest BCUT2D eigenvalue weighted by molar-refractivity contribution is 5.93. The molecule has 3 aromatic rings. The molecule has 0 bridgehead atoms. The molecule has 1 aliphatic heterocycles. The maximum absolute atomic E-state index is 13.6. The number of para-hydroxylation sites is 1. The number of hydrogen-bond donors (Lipinski definition) is 1. The van der Waals surface area contributed by atoms with Crippen molar-refractivity contribution in [2.75, 3.05) is 18.4 Å². The average Bonchev–Trinajstić information content (AvgIpc) is 3.31. The molecule has 0 unspecified atom stereocenters. The second-order valence-electron chi connectivity index (χ2n) is 8.86. The molecule has 0 aliphatic carbocycles. The van der Waals surface area contributed by atoms with Gasteiger partial charge in [-0.05, 0) is 55.8 Å². The summed E-state index contributed by atoms with van der Waals surface area (Å²) in [5.41, 5.74) is 0.208. The highest BCUT2D eigenvalue weighted by Crippen LogP contribution is 2.35. The fourth-order valence-electron chi connectivity index (χ4n) is 4.40. The molecule has 6 nitrogen and oxygen atoms in total. The molecule has 0 saturated carbocycles. The van der Waals surface area contributed by atoms with Gasteiger partial charge in [0.25, 0.3) is 0 Å². The first-order valence-corrected chi connectivity index (χ1v) is 11.5. The molecule has 2 heterocycles. The number of carbonyl (C=O) groups excluding carboxylic acids is 2. The van der Waals surface area contributed by atoms with E-state index in [4.69, 9.17) is 0 Å². The fraction of sp³-hybridized carbons (Fsp3) is 0.308. The number of alkyl halides is 3. The second-order valence-corrected chi connectivity index (χ2v) is 8.86.